The van der Waals surface area contributed by atoms with E-state index < -0.39 is 0 Å². The first kappa shape index (κ1) is 17.5. The SMILES string of the molecule is COC(=O)Cc1cccc(OCCc2nc(C3CCCC3)oc2C)c1. The molecule has 0 spiro atoms. The van der Waals surface area contributed by atoms with E-state index in [-0.39, 0.29) is 12.4 Å². The predicted octanol–water partition coefficient (Wildman–Crippen LogP) is 3.98. The fourth-order valence-electron chi connectivity index (χ4n) is 3.28. The van der Waals surface area contributed by atoms with E-state index in [4.69, 9.17) is 13.9 Å². The fourth-order valence-corrected chi connectivity index (χ4v) is 3.28. The van der Waals surface area contributed by atoms with Crippen LogP contribution >= 0.6 is 0 Å². The Morgan fingerprint density at radius 2 is 2.12 bits per heavy atom. The zero-order valence-electron chi connectivity index (χ0n) is 14.9. The lowest BCUT2D eigenvalue weighted by Gasteiger charge is -2.07. The number of nitrogens with zero attached hydrogens (tertiary/aromatic N) is 1. The second-order valence-corrected chi connectivity index (χ2v) is 6.54. The van der Waals surface area contributed by atoms with Gasteiger partial charge in [0.1, 0.15) is 11.5 Å². The lowest BCUT2D eigenvalue weighted by molar-refractivity contribution is -0.139. The molecular weight excluding hydrogens is 318 g/mol. The van der Waals surface area contributed by atoms with Crippen LogP contribution in [0.4, 0.5) is 0 Å². The van der Waals surface area contributed by atoms with Crippen LogP contribution in [0.15, 0.2) is 28.7 Å². The fraction of sp³-hybridized carbons (Fsp3) is 0.500. The maximum Gasteiger partial charge on any atom is 0.309 e. The van der Waals surface area contributed by atoms with Gasteiger partial charge in [-0.15, -0.1) is 0 Å². The Morgan fingerprint density at radius 1 is 1.32 bits per heavy atom. The minimum atomic E-state index is -0.255. The molecule has 0 saturated heterocycles. The molecule has 3 rings (SSSR count). The van der Waals surface area contributed by atoms with Gasteiger partial charge in [-0.2, -0.15) is 0 Å². The van der Waals surface area contributed by atoms with Gasteiger partial charge >= 0.3 is 5.97 Å². The van der Waals surface area contributed by atoms with Gasteiger partial charge in [-0.3, -0.25) is 4.79 Å². The number of esters is 1. The molecule has 0 atom stereocenters. The Labute approximate surface area is 148 Å². The summed E-state index contributed by atoms with van der Waals surface area (Å²) in [6.45, 7) is 2.50. The van der Waals surface area contributed by atoms with Gasteiger partial charge in [0.25, 0.3) is 0 Å². The van der Waals surface area contributed by atoms with Crippen molar-refractivity contribution in [1.82, 2.24) is 4.98 Å². The van der Waals surface area contributed by atoms with Gasteiger partial charge in [-0.05, 0) is 37.5 Å². The Morgan fingerprint density at radius 3 is 2.88 bits per heavy atom. The van der Waals surface area contributed by atoms with Crippen LogP contribution in [0.25, 0.3) is 0 Å². The lowest BCUT2D eigenvalue weighted by atomic mass is 10.1. The third-order valence-electron chi connectivity index (χ3n) is 4.70. The summed E-state index contributed by atoms with van der Waals surface area (Å²) in [6, 6.07) is 7.53. The summed E-state index contributed by atoms with van der Waals surface area (Å²) in [5, 5.41) is 0. The predicted molar refractivity (Wildman–Crippen MR) is 93.8 cm³/mol. The highest BCUT2D eigenvalue weighted by molar-refractivity contribution is 5.72. The average Bonchev–Trinajstić information content (AvgIpc) is 3.25. The van der Waals surface area contributed by atoms with E-state index in [9.17, 15) is 4.79 Å². The van der Waals surface area contributed by atoms with Crippen LogP contribution in [-0.4, -0.2) is 24.7 Å². The number of hydrogen-bond acceptors (Lipinski definition) is 5. The zero-order chi connectivity index (χ0) is 17.6. The summed E-state index contributed by atoms with van der Waals surface area (Å²) in [5.74, 6) is 2.77. The van der Waals surface area contributed by atoms with Crippen LogP contribution in [0.1, 0.15) is 54.5 Å². The first-order valence-corrected chi connectivity index (χ1v) is 8.90. The normalized spacial score (nSPS) is 14.6. The van der Waals surface area contributed by atoms with Gasteiger partial charge in [-0.25, -0.2) is 4.98 Å². The van der Waals surface area contributed by atoms with Crippen molar-refractivity contribution in [3.63, 3.8) is 0 Å². The largest absolute Gasteiger partial charge is 0.493 e. The second kappa shape index (κ2) is 8.19. The van der Waals surface area contributed by atoms with Gasteiger partial charge in [0, 0.05) is 12.3 Å². The summed E-state index contributed by atoms with van der Waals surface area (Å²) < 4.78 is 16.4. The first-order valence-electron chi connectivity index (χ1n) is 8.90. The molecule has 25 heavy (non-hydrogen) atoms. The van der Waals surface area contributed by atoms with E-state index in [0.29, 0.717) is 18.9 Å². The Kier molecular flexibility index (Phi) is 5.74. The number of hydrogen-bond donors (Lipinski definition) is 0. The van der Waals surface area contributed by atoms with Crippen molar-refractivity contribution in [2.45, 2.75) is 51.4 Å². The number of ether oxygens (including phenoxy) is 2. The molecule has 1 saturated carbocycles. The molecule has 0 radical (unpaired) electrons. The van der Waals surface area contributed by atoms with E-state index in [1.807, 2.05) is 31.2 Å². The van der Waals surface area contributed by atoms with E-state index in [1.165, 1.54) is 32.8 Å². The molecule has 0 N–H and O–H groups in total. The van der Waals surface area contributed by atoms with Gasteiger partial charge in [-0.1, -0.05) is 25.0 Å². The Bertz CT molecular complexity index is 716. The van der Waals surface area contributed by atoms with Crippen LogP contribution in [0.5, 0.6) is 5.75 Å². The van der Waals surface area contributed by atoms with Crippen molar-refractivity contribution in [2.24, 2.45) is 0 Å². The van der Waals surface area contributed by atoms with Crippen LogP contribution in [0.2, 0.25) is 0 Å². The standard InChI is InChI=1S/C20H25NO4/c1-14-18(21-20(25-14)16-7-3-4-8-16)10-11-24-17-9-5-6-15(12-17)13-19(22)23-2/h5-6,9,12,16H,3-4,7-8,10-11,13H2,1-2H3. The molecule has 5 heteroatoms. The van der Waals surface area contributed by atoms with Crippen LogP contribution in [-0.2, 0) is 22.4 Å². The molecule has 1 heterocycles. The minimum absolute atomic E-state index is 0.251. The number of oxazole rings is 1. The van der Waals surface area contributed by atoms with Gasteiger partial charge < -0.3 is 13.9 Å². The molecule has 0 amide bonds. The topological polar surface area (TPSA) is 61.6 Å². The van der Waals surface area contributed by atoms with Crippen molar-refractivity contribution in [3.05, 3.63) is 47.2 Å². The highest BCUT2D eigenvalue weighted by Gasteiger charge is 2.23. The molecule has 0 bridgehead atoms. The number of carbonyl (C=O) groups excluding carboxylic acids is 1. The molecule has 1 aliphatic rings. The highest BCUT2D eigenvalue weighted by atomic mass is 16.5. The summed E-state index contributed by atoms with van der Waals surface area (Å²) in [6.07, 6.45) is 5.87. The van der Waals surface area contributed by atoms with Crippen LogP contribution in [0.3, 0.4) is 0 Å². The number of aromatic nitrogens is 1. The molecule has 1 aliphatic carbocycles. The average molecular weight is 343 g/mol. The Balaban J connectivity index is 1.54. The first-order chi connectivity index (χ1) is 12.2. The number of aryl methyl sites for hydroxylation is 1. The third kappa shape index (κ3) is 4.62. The van der Waals surface area contributed by atoms with Gasteiger partial charge in [0.05, 0.1) is 25.8 Å². The molecule has 5 nitrogen and oxygen atoms in total. The molecule has 134 valence electrons. The summed E-state index contributed by atoms with van der Waals surface area (Å²) in [7, 11) is 1.39. The van der Waals surface area contributed by atoms with E-state index >= 15 is 0 Å². The maximum absolute atomic E-state index is 11.4. The van der Waals surface area contributed by atoms with E-state index in [2.05, 4.69) is 4.98 Å². The quantitative estimate of drug-likeness (QED) is 0.712. The maximum atomic E-state index is 11.4. The molecular formula is C20H25NO4. The van der Waals surface area contributed by atoms with Crippen molar-refractivity contribution in [2.75, 3.05) is 13.7 Å². The van der Waals surface area contributed by atoms with Crippen molar-refractivity contribution in [3.8, 4) is 5.75 Å². The summed E-state index contributed by atoms with van der Waals surface area (Å²) in [4.78, 5) is 16.0. The van der Waals surface area contributed by atoms with Crippen LogP contribution < -0.4 is 4.74 Å². The number of carbonyl (C=O) groups is 1. The molecule has 1 aromatic heterocycles. The summed E-state index contributed by atoms with van der Waals surface area (Å²) in [5.41, 5.74) is 1.86. The number of methoxy groups -OCH3 is 1. The number of benzene rings is 1. The molecule has 0 aliphatic heterocycles. The highest BCUT2D eigenvalue weighted by Crippen LogP contribution is 2.34. The molecule has 2 aromatic rings. The van der Waals surface area contributed by atoms with E-state index in [1.54, 1.807) is 0 Å². The Hall–Kier alpha value is -2.30. The summed E-state index contributed by atoms with van der Waals surface area (Å²) >= 11 is 0. The molecule has 1 fully saturated rings. The van der Waals surface area contributed by atoms with Gasteiger partial charge in [0.2, 0.25) is 0 Å². The number of rotatable bonds is 7. The van der Waals surface area contributed by atoms with Crippen molar-refractivity contribution < 1.29 is 18.7 Å². The molecule has 1 aromatic carbocycles. The molecule has 0 unspecified atom stereocenters. The minimum Gasteiger partial charge on any atom is -0.493 e. The van der Waals surface area contributed by atoms with E-state index in [0.717, 1.165) is 28.7 Å². The van der Waals surface area contributed by atoms with Crippen molar-refractivity contribution in [1.29, 1.82) is 0 Å². The van der Waals surface area contributed by atoms with Crippen LogP contribution in [0, 0.1) is 6.92 Å². The smallest absolute Gasteiger partial charge is 0.309 e. The lowest BCUT2D eigenvalue weighted by Crippen LogP contribution is -2.06. The zero-order valence-corrected chi connectivity index (χ0v) is 14.9. The van der Waals surface area contributed by atoms with Gasteiger partial charge in [0.15, 0.2) is 5.89 Å². The monoisotopic (exact) mass is 343 g/mol. The third-order valence-corrected chi connectivity index (χ3v) is 4.70. The van der Waals surface area contributed by atoms with Crippen molar-refractivity contribution >= 4 is 5.97 Å². The second-order valence-electron chi connectivity index (χ2n) is 6.54.